The highest BCUT2D eigenvalue weighted by Gasteiger charge is 2.20. The van der Waals surface area contributed by atoms with Crippen LogP contribution < -0.4 is 20.1 Å². The number of nitrogens with one attached hydrogen (secondary N) is 2. The maximum absolute atomic E-state index is 12.2. The predicted octanol–water partition coefficient (Wildman–Crippen LogP) is 3.16. The van der Waals surface area contributed by atoms with Crippen molar-refractivity contribution in [3.63, 3.8) is 0 Å². The molecule has 6 heteroatoms. The van der Waals surface area contributed by atoms with Crippen LogP contribution >= 0.6 is 12.4 Å². The normalized spacial score (nSPS) is 14.7. The highest BCUT2D eigenvalue weighted by Crippen LogP contribution is 2.28. The summed E-state index contributed by atoms with van der Waals surface area (Å²) in [5, 5.41) is 6.31. The molecule has 1 heterocycles. The fourth-order valence-corrected chi connectivity index (χ4v) is 2.76. The van der Waals surface area contributed by atoms with Crippen LogP contribution in [0.15, 0.2) is 18.2 Å². The molecule has 1 fully saturated rings. The predicted molar refractivity (Wildman–Crippen MR) is 103 cm³/mol. The van der Waals surface area contributed by atoms with Gasteiger partial charge in [-0.05, 0) is 56.0 Å². The quantitative estimate of drug-likeness (QED) is 0.738. The summed E-state index contributed by atoms with van der Waals surface area (Å²) < 4.78 is 11.2. The van der Waals surface area contributed by atoms with Gasteiger partial charge in [0.15, 0.2) is 11.5 Å². The molecule has 2 N–H and O–H groups in total. The van der Waals surface area contributed by atoms with Gasteiger partial charge >= 0.3 is 0 Å². The smallest absolute Gasteiger partial charge is 0.223 e. The average Bonchev–Trinajstić information content (AvgIpc) is 2.60. The SMILES string of the molecule is COc1cc(CNC(=O)C2CCNCC2)ccc1OCCC(C)C.Cl. The number of carbonyl (C=O) groups excluding carboxylic acids is 1. The average molecular weight is 371 g/mol. The molecule has 0 saturated carbocycles. The van der Waals surface area contributed by atoms with Gasteiger partial charge in [0.1, 0.15) is 0 Å². The first kappa shape index (κ1) is 21.6. The zero-order chi connectivity index (χ0) is 17.4. The third-order valence-electron chi connectivity index (χ3n) is 4.36. The highest BCUT2D eigenvalue weighted by molar-refractivity contribution is 5.85. The van der Waals surface area contributed by atoms with Gasteiger partial charge in [0.2, 0.25) is 5.91 Å². The Bertz CT molecular complexity index is 531. The van der Waals surface area contributed by atoms with Crippen molar-refractivity contribution >= 4 is 18.3 Å². The lowest BCUT2D eigenvalue weighted by Gasteiger charge is -2.21. The Balaban J connectivity index is 0.00000312. The molecular weight excluding hydrogens is 340 g/mol. The first-order valence-corrected chi connectivity index (χ1v) is 8.88. The number of methoxy groups -OCH3 is 1. The van der Waals surface area contributed by atoms with E-state index < -0.39 is 0 Å². The number of carbonyl (C=O) groups is 1. The molecule has 0 radical (unpaired) electrons. The summed E-state index contributed by atoms with van der Waals surface area (Å²) in [5.74, 6) is 2.36. The number of rotatable bonds is 8. The standard InChI is InChI=1S/C19H30N2O3.ClH/c1-14(2)8-11-24-17-5-4-15(12-18(17)23-3)13-21-19(22)16-6-9-20-10-7-16;/h4-5,12,14,16,20H,6-11,13H2,1-3H3,(H,21,22);1H. The van der Waals surface area contributed by atoms with E-state index in [1.54, 1.807) is 7.11 Å². The second-order valence-electron chi connectivity index (χ2n) is 6.76. The summed E-state index contributed by atoms with van der Waals surface area (Å²) in [6.07, 6.45) is 2.84. The van der Waals surface area contributed by atoms with Crippen molar-refractivity contribution < 1.29 is 14.3 Å². The zero-order valence-electron chi connectivity index (χ0n) is 15.5. The van der Waals surface area contributed by atoms with E-state index in [4.69, 9.17) is 9.47 Å². The van der Waals surface area contributed by atoms with Crippen LogP contribution in [-0.4, -0.2) is 32.7 Å². The van der Waals surface area contributed by atoms with E-state index in [0.29, 0.717) is 24.8 Å². The number of amides is 1. The third kappa shape index (κ3) is 7.12. The summed E-state index contributed by atoms with van der Waals surface area (Å²) >= 11 is 0. The molecule has 0 bridgehead atoms. The van der Waals surface area contributed by atoms with Crippen molar-refractivity contribution in [1.82, 2.24) is 10.6 Å². The Morgan fingerprint density at radius 1 is 1.28 bits per heavy atom. The lowest BCUT2D eigenvalue weighted by atomic mass is 9.97. The number of hydrogen-bond donors (Lipinski definition) is 2. The van der Waals surface area contributed by atoms with E-state index in [-0.39, 0.29) is 24.2 Å². The highest BCUT2D eigenvalue weighted by atomic mass is 35.5. The molecule has 25 heavy (non-hydrogen) atoms. The number of halogens is 1. The van der Waals surface area contributed by atoms with Crippen LogP contribution in [0.5, 0.6) is 11.5 Å². The molecule has 0 spiro atoms. The van der Waals surface area contributed by atoms with Crippen LogP contribution in [0, 0.1) is 11.8 Å². The van der Waals surface area contributed by atoms with E-state index in [0.717, 1.165) is 43.7 Å². The molecule has 142 valence electrons. The first-order valence-electron chi connectivity index (χ1n) is 8.88. The second kappa shape index (κ2) is 11.2. The van der Waals surface area contributed by atoms with Gasteiger partial charge in [-0.2, -0.15) is 0 Å². The van der Waals surface area contributed by atoms with Gasteiger partial charge in [0.05, 0.1) is 13.7 Å². The minimum Gasteiger partial charge on any atom is -0.493 e. The van der Waals surface area contributed by atoms with Gasteiger partial charge in [-0.3, -0.25) is 4.79 Å². The van der Waals surface area contributed by atoms with Gasteiger partial charge in [-0.1, -0.05) is 19.9 Å². The van der Waals surface area contributed by atoms with Crippen molar-refractivity contribution in [2.24, 2.45) is 11.8 Å². The van der Waals surface area contributed by atoms with E-state index in [2.05, 4.69) is 24.5 Å². The number of piperidine rings is 1. The van der Waals surface area contributed by atoms with E-state index >= 15 is 0 Å². The Morgan fingerprint density at radius 3 is 2.64 bits per heavy atom. The van der Waals surface area contributed by atoms with Crippen LogP contribution in [0.25, 0.3) is 0 Å². The van der Waals surface area contributed by atoms with Crippen molar-refractivity contribution in [1.29, 1.82) is 0 Å². The maximum atomic E-state index is 12.2. The molecule has 1 aromatic rings. The van der Waals surface area contributed by atoms with E-state index in [1.807, 2.05) is 18.2 Å². The Hall–Kier alpha value is -1.46. The summed E-state index contributed by atoms with van der Waals surface area (Å²) in [7, 11) is 1.64. The fraction of sp³-hybridized carbons (Fsp3) is 0.632. The van der Waals surface area contributed by atoms with E-state index in [9.17, 15) is 4.79 Å². The van der Waals surface area contributed by atoms with Gasteiger partial charge < -0.3 is 20.1 Å². The Morgan fingerprint density at radius 2 is 2.00 bits per heavy atom. The second-order valence-corrected chi connectivity index (χ2v) is 6.76. The monoisotopic (exact) mass is 370 g/mol. The molecule has 1 aromatic carbocycles. The summed E-state index contributed by atoms with van der Waals surface area (Å²) in [5.41, 5.74) is 1.02. The third-order valence-corrected chi connectivity index (χ3v) is 4.36. The molecule has 0 unspecified atom stereocenters. The van der Waals surface area contributed by atoms with Crippen LogP contribution in [0.3, 0.4) is 0 Å². The van der Waals surface area contributed by atoms with Crippen LogP contribution in [-0.2, 0) is 11.3 Å². The number of ether oxygens (including phenoxy) is 2. The molecule has 0 aliphatic carbocycles. The lowest BCUT2D eigenvalue weighted by molar-refractivity contribution is -0.125. The van der Waals surface area contributed by atoms with Crippen LogP contribution in [0.1, 0.15) is 38.7 Å². The summed E-state index contributed by atoms with van der Waals surface area (Å²) in [4.78, 5) is 12.2. The lowest BCUT2D eigenvalue weighted by Crippen LogP contribution is -2.37. The van der Waals surface area contributed by atoms with Gasteiger partial charge in [0.25, 0.3) is 0 Å². The molecule has 1 aliphatic rings. The zero-order valence-corrected chi connectivity index (χ0v) is 16.3. The van der Waals surface area contributed by atoms with Gasteiger partial charge in [-0.25, -0.2) is 0 Å². The summed E-state index contributed by atoms with van der Waals surface area (Å²) in [6.45, 7) is 7.40. The van der Waals surface area contributed by atoms with Gasteiger partial charge in [0, 0.05) is 12.5 Å². The largest absolute Gasteiger partial charge is 0.493 e. The fourth-order valence-electron chi connectivity index (χ4n) is 2.76. The number of hydrogen-bond acceptors (Lipinski definition) is 4. The molecule has 0 aromatic heterocycles. The number of benzene rings is 1. The Labute approximate surface area is 157 Å². The maximum Gasteiger partial charge on any atom is 0.223 e. The minimum absolute atomic E-state index is 0. The molecule has 1 saturated heterocycles. The van der Waals surface area contributed by atoms with Crippen molar-refractivity contribution in [3.05, 3.63) is 23.8 Å². The van der Waals surface area contributed by atoms with Gasteiger partial charge in [-0.15, -0.1) is 12.4 Å². The van der Waals surface area contributed by atoms with Crippen LogP contribution in [0.4, 0.5) is 0 Å². The topological polar surface area (TPSA) is 59.6 Å². The molecule has 2 rings (SSSR count). The molecule has 0 atom stereocenters. The van der Waals surface area contributed by atoms with E-state index in [1.165, 1.54) is 0 Å². The van der Waals surface area contributed by atoms with Crippen molar-refractivity contribution in [2.45, 2.75) is 39.7 Å². The molecular formula is C19H31ClN2O3. The minimum atomic E-state index is 0. The molecule has 5 nitrogen and oxygen atoms in total. The first-order chi connectivity index (χ1) is 11.6. The molecule has 1 amide bonds. The van der Waals surface area contributed by atoms with Crippen molar-refractivity contribution in [3.8, 4) is 11.5 Å². The Kier molecular flexibility index (Phi) is 9.68. The summed E-state index contributed by atoms with van der Waals surface area (Å²) in [6, 6.07) is 5.84. The van der Waals surface area contributed by atoms with Crippen LogP contribution in [0.2, 0.25) is 0 Å². The van der Waals surface area contributed by atoms with Crippen molar-refractivity contribution in [2.75, 3.05) is 26.8 Å². The molecule has 1 aliphatic heterocycles.